The Morgan fingerprint density at radius 3 is 2.67 bits per heavy atom. The standard InChI is InChI=1S/C15H14BrClN2O2/c16-10-5-6-12(17)11(9-10)15(21)19(7-8-20)14-4-2-1-3-13(14)18/h1-6,9,20H,7-8,18H2. The lowest BCUT2D eigenvalue weighted by Crippen LogP contribution is -2.34. The summed E-state index contributed by atoms with van der Waals surface area (Å²) in [5.74, 6) is -0.312. The minimum Gasteiger partial charge on any atom is -0.397 e. The number of benzene rings is 2. The number of carbonyl (C=O) groups is 1. The molecule has 0 bridgehead atoms. The summed E-state index contributed by atoms with van der Waals surface area (Å²) >= 11 is 9.42. The highest BCUT2D eigenvalue weighted by atomic mass is 79.9. The molecular weight excluding hydrogens is 356 g/mol. The highest BCUT2D eigenvalue weighted by molar-refractivity contribution is 9.10. The van der Waals surface area contributed by atoms with Gasteiger partial charge in [0.2, 0.25) is 0 Å². The number of halogens is 2. The van der Waals surface area contributed by atoms with E-state index >= 15 is 0 Å². The minimum atomic E-state index is -0.312. The Morgan fingerprint density at radius 1 is 1.29 bits per heavy atom. The maximum atomic E-state index is 12.7. The molecule has 21 heavy (non-hydrogen) atoms. The average Bonchev–Trinajstić information content (AvgIpc) is 2.47. The Balaban J connectivity index is 2.45. The van der Waals surface area contributed by atoms with Gasteiger partial charge in [-0.3, -0.25) is 4.79 Å². The number of carbonyl (C=O) groups excluding carboxylic acids is 1. The molecular formula is C15H14BrClN2O2. The van der Waals surface area contributed by atoms with E-state index in [0.29, 0.717) is 22.0 Å². The number of hydrogen-bond donors (Lipinski definition) is 2. The molecule has 0 atom stereocenters. The van der Waals surface area contributed by atoms with E-state index in [1.54, 1.807) is 42.5 Å². The molecule has 0 heterocycles. The molecule has 0 saturated heterocycles. The second kappa shape index (κ2) is 6.93. The molecule has 0 saturated carbocycles. The van der Waals surface area contributed by atoms with Crippen LogP contribution in [-0.2, 0) is 0 Å². The smallest absolute Gasteiger partial charge is 0.259 e. The highest BCUT2D eigenvalue weighted by Gasteiger charge is 2.21. The lowest BCUT2D eigenvalue weighted by Gasteiger charge is -2.24. The van der Waals surface area contributed by atoms with Crippen molar-refractivity contribution in [2.75, 3.05) is 23.8 Å². The highest BCUT2D eigenvalue weighted by Crippen LogP contribution is 2.27. The van der Waals surface area contributed by atoms with Crippen LogP contribution < -0.4 is 10.6 Å². The third kappa shape index (κ3) is 3.56. The zero-order valence-corrected chi connectivity index (χ0v) is 13.4. The number of anilines is 2. The zero-order valence-electron chi connectivity index (χ0n) is 11.1. The monoisotopic (exact) mass is 368 g/mol. The Morgan fingerprint density at radius 2 is 2.00 bits per heavy atom. The Kier molecular flexibility index (Phi) is 5.22. The van der Waals surface area contributed by atoms with Crippen molar-refractivity contribution in [1.82, 2.24) is 0 Å². The van der Waals surface area contributed by atoms with E-state index in [2.05, 4.69) is 15.9 Å². The zero-order chi connectivity index (χ0) is 15.4. The number of aliphatic hydroxyl groups excluding tert-OH is 1. The molecule has 2 aromatic rings. The van der Waals surface area contributed by atoms with Crippen LogP contribution in [0.1, 0.15) is 10.4 Å². The van der Waals surface area contributed by atoms with Gasteiger partial charge in [-0.15, -0.1) is 0 Å². The third-order valence-corrected chi connectivity index (χ3v) is 3.78. The summed E-state index contributed by atoms with van der Waals surface area (Å²) < 4.78 is 0.750. The molecule has 0 aliphatic rings. The number of nitrogens with zero attached hydrogens (tertiary/aromatic N) is 1. The van der Waals surface area contributed by atoms with Crippen LogP contribution in [0.5, 0.6) is 0 Å². The van der Waals surface area contributed by atoms with Crippen LogP contribution in [0.3, 0.4) is 0 Å². The average molecular weight is 370 g/mol. The van der Waals surface area contributed by atoms with Crippen molar-refractivity contribution in [3.63, 3.8) is 0 Å². The Bertz CT molecular complexity index is 664. The van der Waals surface area contributed by atoms with Gasteiger partial charge in [0.25, 0.3) is 5.91 Å². The van der Waals surface area contributed by atoms with Crippen molar-refractivity contribution in [1.29, 1.82) is 0 Å². The maximum Gasteiger partial charge on any atom is 0.259 e. The van der Waals surface area contributed by atoms with Gasteiger partial charge >= 0.3 is 0 Å². The van der Waals surface area contributed by atoms with Crippen LogP contribution in [0.2, 0.25) is 5.02 Å². The van der Waals surface area contributed by atoms with Crippen LogP contribution >= 0.6 is 27.5 Å². The van der Waals surface area contributed by atoms with Crippen molar-refractivity contribution < 1.29 is 9.90 Å². The van der Waals surface area contributed by atoms with E-state index < -0.39 is 0 Å². The fraction of sp³-hybridized carbons (Fsp3) is 0.133. The summed E-state index contributed by atoms with van der Waals surface area (Å²) in [6.07, 6.45) is 0. The molecule has 0 unspecified atom stereocenters. The molecule has 110 valence electrons. The third-order valence-electron chi connectivity index (χ3n) is 2.96. The van der Waals surface area contributed by atoms with Crippen molar-refractivity contribution in [2.45, 2.75) is 0 Å². The normalized spacial score (nSPS) is 10.4. The minimum absolute atomic E-state index is 0.135. The van der Waals surface area contributed by atoms with E-state index in [-0.39, 0.29) is 19.1 Å². The van der Waals surface area contributed by atoms with Gasteiger partial charge in [0, 0.05) is 11.0 Å². The van der Waals surface area contributed by atoms with Gasteiger partial charge in [0.05, 0.1) is 28.6 Å². The first-order valence-corrected chi connectivity index (χ1v) is 7.44. The molecule has 2 rings (SSSR count). The number of hydrogen-bond acceptors (Lipinski definition) is 3. The summed E-state index contributed by atoms with van der Waals surface area (Å²) in [5, 5.41) is 9.58. The van der Waals surface area contributed by atoms with Crippen molar-refractivity contribution in [3.8, 4) is 0 Å². The molecule has 2 aromatic carbocycles. The molecule has 0 spiro atoms. The number of aliphatic hydroxyl groups is 1. The predicted molar refractivity (Wildman–Crippen MR) is 88.8 cm³/mol. The lowest BCUT2D eigenvalue weighted by atomic mass is 10.1. The quantitative estimate of drug-likeness (QED) is 0.812. The summed E-state index contributed by atoms with van der Waals surface area (Å²) in [4.78, 5) is 14.1. The summed E-state index contributed by atoms with van der Waals surface area (Å²) in [6, 6.07) is 12.0. The first-order valence-electron chi connectivity index (χ1n) is 6.27. The Labute approximate surface area is 136 Å². The van der Waals surface area contributed by atoms with Gasteiger partial charge in [-0.05, 0) is 30.3 Å². The summed E-state index contributed by atoms with van der Waals surface area (Å²) in [7, 11) is 0. The summed E-state index contributed by atoms with van der Waals surface area (Å²) in [6.45, 7) is -0.0401. The van der Waals surface area contributed by atoms with Crippen LogP contribution in [0.15, 0.2) is 46.9 Å². The predicted octanol–water partition coefficient (Wildman–Crippen LogP) is 3.32. The lowest BCUT2D eigenvalue weighted by molar-refractivity contribution is 0.0981. The van der Waals surface area contributed by atoms with Crippen LogP contribution in [0, 0.1) is 0 Å². The van der Waals surface area contributed by atoms with Crippen LogP contribution in [0.25, 0.3) is 0 Å². The molecule has 6 heteroatoms. The maximum absolute atomic E-state index is 12.7. The van der Waals surface area contributed by atoms with E-state index in [1.165, 1.54) is 4.90 Å². The van der Waals surface area contributed by atoms with E-state index in [4.69, 9.17) is 17.3 Å². The molecule has 1 amide bonds. The second-order valence-electron chi connectivity index (χ2n) is 4.36. The van der Waals surface area contributed by atoms with Gasteiger partial charge in [-0.1, -0.05) is 39.7 Å². The summed E-state index contributed by atoms with van der Waals surface area (Å²) in [5.41, 5.74) is 7.28. The van der Waals surface area contributed by atoms with Gasteiger partial charge < -0.3 is 15.7 Å². The Hall–Kier alpha value is -1.56. The number of rotatable bonds is 4. The van der Waals surface area contributed by atoms with E-state index in [0.717, 1.165) is 4.47 Å². The van der Waals surface area contributed by atoms with E-state index in [9.17, 15) is 9.90 Å². The van der Waals surface area contributed by atoms with Crippen LogP contribution in [-0.4, -0.2) is 24.2 Å². The second-order valence-corrected chi connectivity index (χ2v) is 5.69. The molecule has 4 nitrogen and oxygen atoms in total. The largest absolute Gasteiger partial charge is 0.397 e. The van der Waals surface area contributed by atoms with Crippen LogP contribution in [0.4, 0.5) is 11.4 Å². The number of nitrogen functional groups attached to an aromatic ring is 1. The van der Waals surface area contributed by atoms with Gasteiger partial charge in [-0.2, -0.15) is 0 Å². The number of amides is 1. The molecule has 0 aromatic heterocycles. The molecule has 0 aliphatic heterocycles. The fourth-order valence-electron chi connectivity index (χ4n) is 1.97. The van der Waals surface area contributed by atoms with Crippen molar-refractivity contribution in [2.24, 2.45) is 0 Å². The molecule has 0 aliphatic carbocycles. The van der Waals surface area contributed by atoms with Gasteiger partial charge in [-0.25, -0.2) is 0 Å². The van der Waals surface area contributed by atoms with Crippen molar-refractivity contribution >= 4 is 44.8 Å². The SMILES string of the molecule is Nc1ccccc1N(CCO)C(=O)c1cc(Br)ccc1Cl. The topological polar surface area (TPSA) is 66.6 Å². The first kappa shape index (κ1) is 15.8. The van der Waals surface area contributed by atoms with Gasteiger partial charge in [0.1, 0.15) is 0 Å². The van der Waals surface area contributed by atoms with Crippen molar-refractivity contribution in [3.05, 3.63) is 57.5 Å². The van der Waals surface area contributed by atoms with Gasteiger partial charge in [0.15, 0.2) is 0 Å². The van der Waals surface area contributed by atoms with E-state index in [1.807, 2.05) is 0 Å². The number of para-hydroxylation sites is 2. The number of nitrogens with two attached hydrogens (primary N) is 1. The molecule has 3 N–H and O–H groups in total. The molecule has 0 fully saturated rings. The fourth-order valence-corrected chi connectivity index (χ4v) is 2.53. The first-order chi connectivity index (χ1) is 10.0. The molecule has 0 radical (unpaired) electrons.